The minimum Gasteiger partial charge on any atom is -0.378 e. The van der Waals surface area contributed by atoms with E-state index in [2.05, 4.69) is 5.32 Å². The predicted octanol–water partition coefficient (Wildman–Crippen LogP) is 1.07. The van der Waals surface area contributed by atoms with Gasteiger partial charge in [-0.05, 0) is 51.4 Å². The van der Waals surface area contributed by atoms with E-state index in [0.717, 1.165) is 45.1 Å². The van der Waals surface area contributed by atoms with Crippen LogP contribution in [0.4, 0.5) is 0 Å². The number of nitrogens with one attached hydrogen (secondary N) is 1. The molecule has 0 aromatic carbocycles. The van der Waals surface area contributed by atoms with E-state index in [-0.39, 0.29) is 18.4 Å². The number of carbonyl (C=O) groups is 2. The maximum Gasteiger partial charge on any atom is 0.248 e. The lowest BCUT2D eigenvalue weighted by molar-refractivity contribution is -0.150. The maximum atomic E-state index is 12.6. The fraction of sp³-hybridized carbons (Fsp3) is 0.867. The molecule has 3 aliphatic rings. The van der Waals surface area contributed by atoms with Crippen LogP contribution in [0.2, 0.25) is 0 Å². The summed E-state index contributed by atoms with van der Waals surface area (Å²) in [5.74, 6) is 0.419. The number of carbonyl (C=O) groups excluding carboxylic acids is 2. The van der Waals surface area contributed by atoms with Crippen molar-refractivity contribution in [3.63, 3.8) is 0 Å². The maximum absolute atomic E-state index is 12.6. The highest BCUT2D eigenvalue weighted by Gasteiger charge is 2.52. The van der Waals surface area contributed by atoms with Gasteiger partial charge in [0.1, 0.15) is 5.54 Å². The first-order valence-electron chi connectivity index (χ1n) is 7.81. The van der Waals surface area contributed by atoms with E-state index in [1.54, 1.807) is 4.90 Å². The molecule has 3 fully saturated rings. The summed E-state index contributed by atoms with van der Waals surface area (Å²) in [6, 6.07) is 0. The Morgan fingerprint density at radius 1 is 1.35 bits per heavy atom. The minimum atomic E-state index is -0.654. The van der Waals surface area contributed by atoms with E-state index in [9.17, 15) is 9.59 Å². The average Bonchev–Trinajstić information content (AvgIpc) is 3.15. The number of hydrogen-bond donors (Lipinski definition) is 1. The van der Waals surface area contributed by atoms with Crippen molar-refractivity contribution in [1.82, 2.24) is 10.2 Å². The molecule has 2 unspecified atom stereocenters. The summed E-state index contributed by atoms with van der Waals surface area (Å²) in [5.41, 5.74) is -0.654. The van der Waals surface area contributed by atoms with Crippen LogP contribution in [0.25, 0.3) is 0 Å². The highest BCUT2D eigenvalue weighted by atomic mass is 16.5. The zero-order valence-corrected chi connectivity index (χ0v) is 12.2. The number of hydrogen-bond acceptors (Lipinski definition) is 3. The van der Waals surface area contributed by atoms with Crippen molar-refractivity contribution in [3.8, 4) is 0 Å². The fourth-order valence-corrected chi connectivity index (χ4v) is 3.46. The van der Waals surface area contributed by atoms with Crippen molar-refractivity contribution in [2.45, 2.75) is 57.1 Å². The van der Waals surface area contributed by atoms with Crippen LogP contribution in [-0.2, 0) is 14.3 Å². The summed E-state index contributed by atoms with van der Waals surface area (Å²) in [7, 11) is 0. The van der Waals surface area contributed by atoms with E-state index in [1.807, 2.05) is 6.92 Å². The summed E-state index contributed by atoms with van der Waals surface area (Å²) in [5, 5.41) is 2.91. The van der Waals surface area contributed by atoms with E-state index in [1.165, 1.54) is 0 Å². The van der Waals surface area contributed by atoms with Gasteiger partial charge in [-0.15, -0.1) is 0 Å². The lowest BCUT2D eigenvalue weighted by atomic mass is 9.91. The molecule has 2 atom stereocenters. The van der Waals surface area contributed by atoms with E-state index < -0.39 is 5.54 Å². The zero-order valence-electron chi connectivity index (χ0n) is 12.2. The summed E-state index contributed by atoms with van der Waals surface area (Å²) >= 11 is 0. The SMILES string of the molecule is CC1(C2CC2)NC(=O)CN(CCCC2CCCO2)C1=O. The standard InChI is InChI=1S/C15H24N2O3/c1-15(11-6-7-11)14(19)17(10-13(18)16-15)8-2-4-12-5-3-9-20-12/h11-12H,2-10H2,1H3,(H,16,18). The molecular weight excluding hydrogens is 256 g/mol. The molecule has 112 valence electrons. The number of amides is 2. The number of nitrogens with zero attached hydrogens (tertiary/aromatic N) is 1. The molecule has 1 aliphatic carbocycles. The molecule has 0 spiro atoms. The Kier molecular flexibility index (Phi) is 3.71. The van der Waals surface area contributed by atoms with Crippen LogP contribution < -0.4 is 5.32 Å². The van der Waals surface area contributed by atoms with Crippen LogP contribution in [0.5, 0.6) is 0 Å². The van der Waals surface area contributed by atoms with Gasteiger partial charge in [-0.2, -0.15) is 0 Å². The largest absolute Gasteiger partial charge is 0.378 e. The Morgan fingerprint density at radius 3 is 2.80 bits per heavy atom. The molecular formula is C15H24N2O3. The second kappa shape index (κ2) is 5.35. The zero-order chi connectivity index (χ0) is 14.2. The average molecular weight is 280 g/mol. The van der Waals surface area contributed by atoms with Crippen molar-refractivity contribution >= 4 is 11.8 Å². The molecule has 5 nitrogen and oxygen atoms in total. The van der Waals surface area contributed by atoms with E-state index in [0.29, 0.717) is 18.6 Å². The van der Waals surface area contributed by atoms with Crippen LogP contribution in [0, 0.1) is 5.92 Å². The topological polar surface area (TPSA) is 58.6 Å². The van der Waals surface area contributed by atoms with Crippen LogP contribution in [0.3, 0.4) is 0 Å². The lowest BCUT2D eigenvalue weighted by Gasteiger charge is -2.40. The first kappa shape index (κ1) is 13.9. The van der Waals surface area contributed by atoms with Crippen molar-refractivity contribution in [2.24, 2.45) is 5.92 Å². The third-order valence-corrected chi connectivity index (χ3v) is 4.84. The van der Waals surface area contributed by atoms with E-state index >= 15 is 0 Å². The molecule has 2 aliphatic heterocycles. The third-order valence-electron chi connectivity index (χ3n) is 4.84. The molecule has 3 rings (SSSR count). The molecule has 20 heavy (non-hydrogen) atoms. The van der Waals surface area contributed by atoms with Crippen molar-refractivity contribution in [3.05, 3.63) is 0 Å². The van der Waals surface area contributed by atoms with Crippen LogP contribution in [0.15, 0.2) is 0 Å². The van der Waals surface area contributed by atoms with Crippen molar-refractivity contribution < 1.29 is 14.3 Å². The van der Waals surface area contributed by atoms with Crippen LogP contribution in [-0.4, -0.2) is 48.1 Å². The van der Waals surface area contributed by atoms with Gasteiger partial charge in [0.15, 0.2) is 0 Å². The first-order chi connectivity index (χ1) is 9.59. The summed E-state index contributed by atoms with van der Waals surface area (Å²) in [4.78, 5) is 26.2. The number of rotatable bonds is 5. The molecule has 0 bridgehead atoms. The van der Waals surface area contributed by atoms with Gasteiger partial charge >= 0.3 is 0 Å². The van der Waals surface area contributed by atoms with Crippen LogP contribution >= 0.6 is 0 Å². The van der Waals surface area contributed by atoms with Gasteiger partial charge in [0, 0.05) is 13.2 Å². The van der Waals surface area contributed by atoms with Gasteiger partial charge in [-0.25, -0.2) is 0 Å². The number of piperazine rings is 1. The quantitative estimate of drug-likeness (QED) is 0.819. The highest BCUT2D eigenvalue weighted by molar-refractivity contribution is 5.98. The van der Waals surface area contributed by atoms with Crippen molar-refractivity contribution in [2.75, 3.05) is 19.7 Å². The van der Waals surface area contributed by atoms with Gasteiger partial charge in [-0.1, -0.05) is 0 Å². The second-order valence-electron chi connectivity index (χ2n) is 6.53. The fourth-order valence-electron chi connectivity index (χ4n) is 3.46. The highest BCUT2D eigenvalue weighted by Crippen LogP contribution is 2.41. The molecule has 2 heterocycles. The monoisotopic (exact) mass is 280 g/mol. The Morgan fingerprint density at radius 2 is 2.15 bits per heavy atom. The van der Waals surface area contributed by atoms with Crippen LogP contribution in [0.1, 0.15) is 45.4 Å². The Balaban J connectivity index is 1.54. The summed E-state index contributed by atoms with van der Waals surface area (Å²) in [6.45, 7) is 3.65. The van der Waals surface area contributed by atoms with Gasteiger partial charge < -0.3 is 15.0 Å². The molecule has 5 heteroatoms. The van der Waals surface area contributed by atoms with Gasteiger partial charge in [0.25, 0.3) is 0 Å². The Bertz CT molecular complexity index is 402. The Hall–Kier alpha value is -1.10. The third kappa shape index (κ3) is 2.68. The lowest BCUT2D eigenvalue weighted by Crippen LogP contribution is -2.66. The molecule has 0 aromatic heterocycles. The van der Waals surface area contributed by atoms with Gasteiger partial charge in [0.2, 0.25) is 11.8 Å². The number of ether oxygens (including phenoxy) is 1. The predicted molar refractivity (Wildman–Crippen MR) is 74.1 cm³/mol. The molecule has 2 saturated heterocycles. The smallest absolute Gasteiger partial charge is 0.248 e. The normalized spacial score (nSPS) is 34.5. The van der Waals surface area contributed by atoms with Crippen molar-refractivity contribution in [1.29, 1.82) is 0 Å². The van der Waals surface area contributed by atoms with E-state index in [4.69, 9.17) is 4.74 Å². The molecule has 0 aromatic rings. The van der Waals surface area contributed by atoms with Gasteiger partial charge in [0.05, 0.1) is 12.6 Å². The summed E-state index contributed by atoms with van der Waals surface area (Å²) in [6.07, 6.45) is 6.65. The molecule has 1 saturated carbocycles. The minimum absolute atomic E-state index is 0.0175. The molecule has 2 amide bonds. The Labute approximate surface area is 120 Å². The summed E-state index contributed by atoms with van der Waals surface area (Å²) < 4.78 is 5.60. The second-order valence-corrected chi connectivity index (χ2v) is 6.53. The molecule has 1 N–H and O–H groups in total. The van der Waals surface area contributed by atoms with Gasteiger partial charge in [-0.3, -0.25) is 9.59 Å². The molecule has 0 radical (unpaired) electrons. The first-order valence-corrected chi connectivity index (χ1v) is 7.81.